The Morgan fingerprint density at radius 1 is 0.824 bits per heavy atom. The van der Waals surface area contributed by atoms with Crippen LogP contribution in [0, 0.1) is 0 Å². The SMILES string of the molecule is CC(C)c1ccc2cc3ccccc3nc2c1. The Balaban J connectivity index is 2.32. The minimum atomic E-state index is 0.549. The summed E-state index contributed by atoms with van der Waals surface area (Å²) in [6.07, 6.45) is 0. The number of nitrogens with zero attached hydrogens (tertiary/aromatic N) is 1. The van der Waals surface area contributed by atoms with Crippen molar-refractivity contribution in [2.45, 2.75) is 19.8 Å². The van der Waals surface area contributed by atoms with Crippen molar-refractivity contribution in [2.75, 3.05) is 0 Å². The van der Waals surface area contributed by atoms with E-state index < -0.39 is 0 Å². The average molecular weight is 221 g/mol. The lowest BCUT2D eigenvalue weighted by atomic mass is 10.0. The van der Waals surface area contributed by atoms with Crippen molar-refractivity contribution in [3.8, 4) is 0 Å². The zero-order chi connectivity index (χ0) is 11.8. The second kappa shape index (κ2) is 3.85. The van der Waals surface area contributed by atoms with Gasteiger partial charge in [0, 0.05) is 10.8 Å². The van der Waals surface area contributed by atoms with E-state index in [-0.39, 0.29) is 0 Å². The first-order chi connectivity index (χ1) is 8.24. The van der Waals surface area contributed by atoms with Gasteiger partial charge in [-0.15, -0.1) is 0 Å². The fourth-order valence-electron chi connectivity index (χ4n) is 2.15. The van der Waals surface area contributed by atoms with Crippen molar-refractivity contribution in [3.63, 3.8) is 0 Å². The number of hydrogen-bond acceptors (Lipinski definition) is 1. The van der Waals surface area contributed by atoms with Gasteiger partial charge in [0.05, 0.1) is 11.0 Å². The highest BCUT2D eigenvalue weighted by molar-refractivity contribution is 5.92. The highest BCUT2D eigenvalue weighted by Crippen LogP contribution is 2.23. The second-order valence-corrected chi connectivity index (χ2v) is 4.79. The Kier molecular flexibility index (Phi) is 2.32. The predicted molar refractivity (Wildman–Crippen MR) is 73.3 cm³/mol. The first kappa shape index (κ1) is 10.3. The van der Waals surface area contributed by atoms with Gasteiger partial charge in [0.15, 0.2) is 0 Å². The Bertz CT molecular complexity index is 683. The number of benzene rings is 2. The van der Waals surface area contributed by atoms with E-state index >= 15 is 0 Å². The van der Waals surface area contributed by atoms with Crippen molar-refractivity contribution < 1.29 is 0 Å². The zero-order valence-corrected chi connectivity index (χ0v) is 10.1. The van der Waals surface area contributed by atoms with Gasteiger partial charge in [-0.25, -0.2) is 4.98 Å². The van der Waals surface area contributed by atoms with Gasteiger partial charge in [0.2, 0.25) is 0 Å². The maximum Gasteiger partial charge on any atom is 0.0712 e. The number of para-hydroxylation sites is 1. The summed E-state index contributed by atoms with van der Waals surface area (Å²) < 4.78 is 0. The van der Waals surface area contributed by atoms with Crippen molar-refractivity contribution in [3.05, 3.63) is 54.1 Å². The molecule has 3 aromatic rings. The van der Waals surface area contributed by atoms with E-state index in [2.05, 4.69) is 56.3 Å². The van der Waals surface area contributed by atoms with Crippen molar-refractivity contribution in [1.82, 2.24) is 4.98 Å². The lowest BCUT2D eigenvalue weighted by molar-refractivity contribution is 0.868. The molecule has 84 valence electrons. The lowest BCUT2D eigenvalue weighted by Crippen LogP contribution is -1.89. The summed E-state index contributed by atoms with van der Waals surface area (Å²) in [5, 5.41) is 2.42. The summed E-state index contributed by atoms with van der Waals surface area (Å²) in [5.74, 6) is 0.549. The molecule has 1 heteroatoms. The number of pyridine rings is 1. The topological polar surface area (TPSA) is 12.9 Å². The first-order valence-electron chi connectivity index (χ1n) is 6.03. The van der Waals surface area contributed by atoms with E-state index in [1.807, 2.05) is 6.07 Å². The zero-order valence-electron chi connectivity index (χ0n) is 10.1. The molecule has 0 amide bonds. The molecular weight excluding hydrogens is 206 g/mol. The summed E-state index contributed by atoms with van der Waals surface area (Å²) >= 11 is 0. The first-order valence-corrected chi connectivity index (χ1v) is 6.03. The Hall–Kier alpha value is -1.89. The molecule has 1 aromatic heterocycles. The van der Waals surface area contributed by atoms with Gasteiger partial charge in [-0.3, -0.25) is 0 Å². The summed E-state index contributed by atoms with van der Waals surface area (Å²) in [6, 6.07) is 17.0. The van der Waals surface area contributed by atoms with Crippen LogP contribution in [0.2, 0.25) is 0 Å². The molecule has 1 nitrogen and oxygen atoms in total. The molecule has 2 aromatic carbocycles. The molecule has 3 rings (SSSR count). The lowest BCUT2D eigenvalue weighted by Gasteiger charge is -2.07. The highest BCUT2D eigenvalue weighted by atomic mass is 14.7. The van der Waals surface area contributed by atoms with Crippen LogP contribution in [-0.2, 0) is 0 Å². The van der Waals surface area contributed by atoms with Crippen LogP contribution in [-0.4, -0.2) is 4.98 Å². The Morgan fingerprint density at radius 2 is 1.59 bits per heavy atom. The third kappa shape index (κ3) is 1.78. The van der Waals surface area contributed by atoms with Crippen LogP contribution < -0.4 is 0 Å². The monoisotopic (exact) mass is 221 g/mol. The van der Waals surface area contributed by atoms with Crippen molar-refractivity contribution in [2.24, 2.45) is 0 Å². The average Bonchev–Trinajstić information content (AvgIpc) is 2.35. The van der Waals surface area contributed by atoms with Crippen LogP contribution in [0.5, 0.6) is 0 Å². The second-order valence-electron chi connectivity index (χ2n) is 4.79. The third-order valence-electron chi connectivity index (χ3n) is 3.21. The third-order valence-corrected chi connectivity index (χ3v) is 3.21. The van der Waals surface area contributed by atoms with Gasteiger partial charge >= 0.3 is 0 Å². The molecule has 0 bridgehead atoms. The molecule has 0 fully saturated rings. The highest BCUT2D eigenvalue weighted by Gasteiger charge is 2.03. The molecule has 0 saturated carbocycles. The number of hydrogen-bond donors (Lipinski definition) is 0. The molecule has 0 radical (unpaired) electrons. The minimum absolute atomic E-state index is 0.549. The van der Waals surface area contributed by atoms with E-state index in [0.717, 1.165) is 11.0 Å². The standard InChI is InChI=1S/C16H15N/c1-11(2)12-7-8-14-9-13-5-3-4-6-15(13)17-16(14)10-12/h3-11H,1-2H3. The fraction of sp³-hybridized carbons (Fsp3) is 0.188. The molecule has 0 unspecified atom stereocenters. The summed E-state index contributed by atoms with van der Waals surface area (Å²) in [6.45, 7) is 4.42. The molecule has 0 spiro atoms. The fourth-order valence-corrected chi connectivity index (χ4v) is 2.15. The van der Waals surface area contributed by atoms with E-state index in [1.54, 1.807) is 0 Å². The molecule has 0 N–H and O–H groups in total. The van der Waals surface area contributed by atoms with Crippen molar-refractivity contribution >= 4 is 21.8 Å². The normalized spacial score (nSPS) is 11.5. The van der Waals surface area contributed by atoms with Crippen LogP contribution in [0.4, 0.5) is 0 Å². The van der Waals surface area contributed by atoms with Crippen LogP contribution >= 0.6 is 0 Å². The van der Waals surface area contributed by atoms with Gasteiger partial charge in [0.25, 0.3) is 0 Å². The predicted octanol–water partition coefficient (Wildman–Crippen LogP) is 4.51. The molecule has 0 aliphatic heterocycles. The van der Waals surface area contributed by atoms with Crippen molar-refractivity contribution in [1.29, 1.82) is 0 Å². The molecule has 0 aliphatic carbocycles. The van der Waals surface area contributed by atoms with Crippen LogP contribution in [0.25, 0.3) is 21.8 Å². The molecule has 0 atom stereocenters. The minimum Gasteiger partial charge on any atom is -0.248 e. The quantitative estimate of drug-likeness (QED) is 0.551. The molecule has 0 aliphatic rings. The van der Waals surface area contributed by atoms with Gasteiger partial charge < -0.3 is 0 Å². The number of fused-ring (bicyclic) bond motifs is 2. The smallest absolute Gasteiger partial charge is 0.0712 e. The number of rotatable bonds is 1. The van der Waals surface area contributed by atoms with E-state index in [4.69, 9.17) is 4.98 Å². The number of aromatic nitrogens is 1. The van der Waals surface area contributed by atoms with Crippen LogP contribution in [0.3, 0.4) is 0 Å². The van der Waals surface area contributed by atoms with Gasteiger partial charge in [-0.1, -0.05) is 44.2 Å². The van der Waals surface area contributed by atoms with E-state index in [0.29, 0.717) is 5.92 Å². The molecule has 0 saturated heterocycles. The maximum absolute atomic E-state index is 4.72. The van der Waals surface area contributed by atoms with E-state index in [9.17, 15) is 0 Å². The molecular formula is C16H15N. The van der Waals surface area contributed by atoms with Gasteiger partial charge in [-0.05, 0) is 29.7 Å². The summed E-state index contributed by atoms with van der Waals surface area (Å²) in [4.78, 5) is 4.72. The molecule has 17 heavy (non-hydrogen) atoms. The van der Waals surface area contributed by atoms with E-state index in [1.165, 1.54) is 16.3 Å². The summed E-state index contributed by atoms with van der Waals surface area (Å²) in [7, 11) is 0. The van der Waals surface area contributed by atoms with Gasteiger partial charge in [-0.2, -0.15) is 0 Å². The van der Waals surface area contributed by atoms with Crippen LogP contribution in [0.15, 0.2) is 48.5 Å². The molecule has 1 heterocycles. The van der Waals surface area contributed by atoms with Crippen LogP contribution in [0.1, 0.15) is 25.3 Å². The summed E-state index contributed by atoms with van der Waals surface area (Å²) in [5.41, 5.74) is 3.51. The Morgan fingerprint density at radius 3 is 2.41 bits per heavy atom. The largest absolute Gasteiger partial charge is 0.248 e. The maximum atomic E-state index is 4.72. The van der Waals surface area contributed by atoms with Gasteiger partial charge in [0.1, 0.15) is 0 Å². The Labute approximate surface area is 101 Å².